The monoisotopic (exact) mass is 326 g/mol. The zero-order chi connectivity index (χ0) is 14.5. The highest BCUT2D eigenvalue weighted by Crippen LogP contribution is 2.21. The number of sulfonamides is 1. The Morgan fingerprint density at radius 1 is 1.21 bits per heavy atom. The molecule has 0 bridgehead atoms. The van der Waals surface area contributed by atoms with Gasteiger partial charge in [-0.2, -0.15) is 0 Å². The van der Waals surface area contributed by atoms with Gasteiger partial charge in [0.1, 0.15) is 0 Å². The van der Waals surface area contributed by atoms with Crippen LogP contribution in [-0.2, 0) is 10.0 Å². The molecule has 1 aromatic rings. The molecule has 1 aromatic carbocycles. The van der Waals surface area contributed by atoms with Gasteiger partial charge in [-0.1, -0.05) is 23.2 Å². The van der Waals surface area contributed by atoms with Gasteiger partial charge in [0, 0.05) is 29.7 Å². The van der Waals surface area contributed by atoms with Crippen LogP contribution in [0.4, 0.5) is 0 Å². The summed E-state index contributed by atoms with van der Waals surface area (Å²) in [4.78, 5) is 0.0283. The van der Waals surface area contributed by atoms with Crippen molar-refractivity contribution in [1.29, 1.82) is 0 Å². The van der Waals surface area contributed by atoms with Crippen LogP contribution in [0.25, 0.3) is 0 Å². The van der Waals surface area contributed by atoms with Crippen LogP contribution in [0.1, 0.15) is 6.92 Å². The highest BCUT2D eigenvalue weighted by atomic mass is 35.5. The normalized spacial score (nSPS) is 13.5. The van der Waals surface area contributed by atoms with Crippen LogP contribution in [0.3, 0.4) is 0 Å². The fraction of sp³-hybridized carbons (Fsp3) is 0.455. The summed E-state index contributed by atoms with van der Waals surface area (Å²) in [6, 6.07) is 4.13. The van der Waals surface area contributed by atoms with Gasteiger partial charge < -0.3 is 10.4 Å². The van der Waals surface area contributed by atoms with Crippen molar-refractivity contribution in [3.8, 4) is 0 Å². The molecule has 108 valence electrons. The molecule has 0 heterocycles. The van der Waals surface area contributed by atoms with Crippen LogP contribution in [0, 0.1) is 0 Å². The van der Waals surface area contributed by atoms with Crippen molar-refractivity contribution in [3.05, 3.63) is 28.2 Å². The molecule has 19 heavy (non-hydrogen) atoms. The smallest absolute Gasteiger partial charge is 0.240 e. The maximum absolute atomic E-state index is 11.9. The first kappa shape index (κ1) is 16.7. The number of hydrogen-bond donors (Lipinski definition) is 3. The molecule has 0 aliphatic rings. The molecule has 1 rings (SSSR count). The lowest BCUT2D eigenvalue weighted by Crippen LogP contribution is -2.34. The third kappa shape index (κ3) is 6.07. The Bertz CT molecular complexity index is 500. The first-order valence-electron chi connectivity index (χ1n) is 5.66. The molecule has 8 heteroatoms. The van der Waals surface area contributed by atoms with Gasteiger partial charge in [-0.05, 0) is 25.1 Å². The van der Waals surface area contributed by atoms with E-state index in [2.05, 4.69) is 10.0 Å². The molecule has 0 radical (unpaired) electrons. The second-order valence-electron chi connectivity index (χ2n) is 4.06. The highest BCUT2D eigenvalue weighted by molar-refractivity contribution is 7.89. The predicted molar refractivity (Wildman–Crippen MR) is 76.2 cm³/mol. The quantitative estimate of drug-likeness (QED) is 0.659. The Balaban J connectivity index is 2.56. The second-order valence-corrected chi connectivity index (χ2v) is 6.70. The van der Waals surface area contributed by atoms with Crippen molar-refractivity contribution < 1.29 is 13.5 Å². The van der Waals surface area contributed by atoms with E-state index < -0.39 is 16.1 Å². The topological polar surface area (TPSA) is 78.4 Å². The fourth-order valence-corrected chi connectivity index (χ4v) is 3.11. The molecule has 0 amide bonds. The van der Waals surface area contributed by atoms with Gasteiger partial charge in [-0.15, -0.1) is 0 Å². The van der Waals surface area contributed by atoms with Crippen molar-refractivity contribution >= 4 is 33.2 Å². The summed E-state index contributed by atoms with van der Waals surface area (Å²) in [6.07, 6.45) is -0.469. The summed E-state index contributed by atoms with van der Waals surface area (Å²) in [6.45, 7) is 2.67. The second kappa shape index (κ2) is 7.42. The fourth-order valence-electron chi connectivity index (χ4n) is 1.35. The predicted octanol–water partition coefficient (Wildman–Crippen LogP) is 1.24. The average Bonchev–Trinajstić information content (AvgIpc) is 2.26. The van der Waals surface area contributed by atoms with Crippen LogP contribution in [0.2, 0.25) is 10.0 Å². The minimum absolute atomic E-state index is 0.0283. The van der Waals surface area contributed by atoms with E-state index in [0.717, 1.165) is 0 Å². The lowest BCUT2D eigenvalue weighted by molar-refractivity contribution is 0.192. The third-order valence-corrected chi connectivity index (χ3v) is 4.06. The summed E-state index contributed by atoms with van der Waals surface area (Å²) < 4.78 is 26.3. The summed E-state index contributed by atoms with van der Waals surface area (Å²) in [7, 11) is -3.63. The molecule has 0 saturated carbocycles. The molecular formula is C11H16Cl2N2O3S. The molecular weight excluding hydrogens is 311 g/mol. The maximum atomic E-state index is 11.9. The van der Waals surface area contributed by atoms with Crippen molar-refractivity contribution in [2.45, 2.75) is 17.9 Å². The van der Waals surface area contributed by atoms with Crippen molar-refractivity contribution in [1.82, 2.24) is 10.0 Å². The molecule has 3 N–H and O–H groups in total. The standard InChI is InChI=1S/C11H16Cl2N2O3S/c1-8(16)7-14-2-3-15-19(17,18)11-5-9(12)4-10(13)6-11/h4-6,8,14-16H,2-3,7H2,1H3. The van der Waals surface area contributed by atoms with Crippen LogP contribution in [0.5, 0.6) is 0 Å². The van der Waals surface area contributed by atoms with E-state index in [1.54, 1.807) is 6.92 Å². The summed E-state index contributed by atoms with van der Waals surface area (Å²) in [5, 5.41) is 12.5. The molecule has 0 saturated heterocycles. The number of halogens is 2. The summed E-state index contributed by atoms with van der Waals surface area (Å²) in [5.41, 5.74) is 0. The maximum Gasteiger partial charge on any atom is 0.240 e. The summed E-state index contributed by atoms with van der Waals surface area (Å²) >= 11 is 11.5. The zero-order valence-electron chi connectivity index (χ0n) is 10.4. The first-order valence-corrected chi connectivity index (χ1v) is 7.90. The molecule has 1 unspecified atom stereocenters. The Labute approximate surface area is 123 Å². The Kier molecular flexibility index (Phi) is 6.52. The van der Waals surface area contributed by atoms with Crippen molar-refractivity contribution in [2.24, 2.45) is 0 Å². The minimum Gasteiger partial charge on any atom is -0.392 e. The van der Waals surface area contributed by atoms with Crippen molar-refractivity contribution in [2.75, 3.05) is 19.6 Å². The van der Waals surface area contributed by atoms with E-state index in [4.69, 9.17) is 28.3 Å². The zero-order valence-corrected chi connectivity index (χ0v) is 12.7. The van der Waals surface area contributed by atoms with E-state index in [-0.39, 0.29) is 21.5 Å². The minimum atomic E-state index is -3.63. The average molecular weight is 327 g/mol. The lowest BCUT2D eigenvalue weighted by Gasteiger charge is -2.09. The molecule has 0 aliphatic carbocycles. The van der Waals surface area contributed by atoms with E-state index in [0.29, 0.717) is 13.1 Å². The Hall–Kier alpha value is -0.370. The number of aliphatic hydroxyl groups excluding tert-OH is 1. The Morgan fingerprint density at radius 3 is 2.32 bits per heavy atom. The van der Waals surface area contributed by atoms with Gasteiger partial charge in [-0.3, -0.25) is 0 Å². The molecule has 0 fully saturated rings. The number of benzene rings is 1. The molecule has 1 atom stereocenters. The van der Waals surface area contributed by atoms with Gasteiger partial charge in [0.25, 0.3) is 0 Å². The van der Waals surface area contributed by atoms with E-state index in [1.165, 1.54) is 18.2 Å². The largest absolute Gasteiger partial charge is 0.392 e. The van der Waals surface area contributed by atoms with E-state index in [1.807, 2.05) is 0 Å². The molecule has 5 nitrogen and oxygen atoms in total. The van der Waals surface area contributed by atoms with E-state index >= 15 is 0 Å². The summed E-state index contributed by atoms with van der Waals surface area (Å²) in [5.74, 6) is 0. The number of hydrogen-bond acceptors (Lipinski definition) is 4. The van der Waals surface area contributed by atoms with Gasteiger partial charge in [0.15, 0.2) is 0 Å². The number of rotatable bonds is 7. The molecule has 0 spiro atoms. The SMILES string of the molecule is CC(O)CNCCNS(=O)(=O)c1cc(Cl)cc(Cl)c1. The first-order chi connectivity index (χ1) is 8.81. The van der Waals surface area contributed by atoms with Crippen LogP contribution < -0.4 is 10.0 Å². The molecule has 0 aliphatic heterocycles. The number of aliphatic hydroxyl groups is 1. The Morgan fingerprint density at radius 2 is 1.79 bits per heavy atom. The van der Waals surface area contributed by atoms with E-state index in [9.17, 15) is 8.42 Å². The van der Waals surface area contributed by atoms with Gasteiger partial charge in [0.2, 0.25) is 10.0 Å². The number of nitrogens with one attached hydrogen (secondary N) is 2. The van der Waals surface area contributed by atoms with Crippen molar-refractivity contribution in [3.63, 3.8) is 0 Å². The third-order valence-electron chi connectivity index (χ3n) is 2.18. The van der Waals surface area contributed by atoms with Crippen LogP contribution in [0.15, 0.2) is 23.1 Å². The molecule has 0 aromatic heterocycles. The lowest BCUT2D eigenvalue weighted by atomic mass is 10.4. The van der Waals surface area contributed by atoms with Gasteiger partial charge in [0.05, 0.1) is 11.0 Å². The van der Waals surface area contributed by atoms with Crippen LogP contribution >= 0.6 is 23.2 Å². The van der Waals surface area contributed by atoms with Gasteiger partial charge >= 0.3 is 0 Å². The highest BCUT2D eigenvalue weighted by Gasteiger charge is 2.14. The van der Waals surface area contributed by atoms with Gasteiger partial charge in [-0.25, -0.2) is 13.1 Å². The van der Waals surface area contributed by atoms with Crippen LogP contribution in [-0.4, -0.2) is 39.3 Å².